The first-order valence-electron chi connectivity index (χ1n) is 8.88. The minimum atomic E-state index is -0.360. The van der Waals surface area contributed by atoms with Gasteiger partial charge in [-0.25, -0.2) is 25.0 Å². The van der Waals surface area contributed by atoms with Gasteiger partial charge in [0.1, 0.15) is 0 Å². The maximum Gasteiger partial charge on any atom is 0.251 e. The summed E-state index contributed by atoms with van der Waals surface area (Å²) in [4.78, 5) is 26.5. The van der Waals surface area contributed by atoms with Crippen molar-refractivity contribution in [2.45, 2.75) is 59.7 Å². The van der Waals surface area contributed by atoms with Gasteiger partial charge in [-0.2, -0.15) is 5.10 Å². The van der Waals surface area contributed by atoms with E-state index in [0.29, 0.717) is 12.6 Å². The van der Waals surface area contributed by atoms with Gasteiger partial charge in [-0.3, -0.25) is 4.79 Å². The first kappa shape index (κ1) is 18.5. The maximum absolute atomic E-state index is 12.3. The van der Waals surface area contributed by atoms with Crippen LogP contribution in [0.2, 0.25) is 0 Å². The van der Waals surface area contributed by atoms with Crippen LogP contribution >= 0.6 is 0 Å². The summed E-state index contributed by atoms with van der Waals surface area (Å²) in [5.74, 6) is 0.285. The van der Waals surface area contributed by atoms with Crippen molar-refractivity contribution < 1.29 is 14.4 Å². The highest BCUT2D eigenvalue weighted by Gasteiger charge is 2.19. The summed E-state index contributed by atoms with van der Waals surface area (Å²) in [7, 11) is 0. The third-order valence-corrected chi connectivity index (χ3v) is 4.38. The van der Waals surface area contributed by atoms with Crippen molar-refractivity contribution in [3.63, 3.8) is 0 Å². The van der Waals surface area contributed by atoms with Crippen LogP contribution < -0.4 is 5.48 Å². The average molecular weight is 359 g/mol. The molecule has 2 aromatic rings. The van der Waals surface area contributed by atoms with E-state index in [9.17, 15) is 4.79 Å². The Labute approximate surface area is 152 Å². The van der Waals surface area contributed by atoms with Gasteiger partial charge >= 0.3 is 0 Å². The number of hydrogen-bond acceptors (Lipinski definition) is 6. The number of ether oxygens (including phenoxy) is 1. The van der Waals surface area contributed by atoms with Gasteiger partial charge in [-0.1, -0.05) is 0 Å². The predicted molar refractivity (Wildman–Crippen MR) is 94.6 cm³/mol. The number of aryl methyl sites for hydroxylation is 3. The maximum atomic E-state index is 12.3. The Morgan fingerprint density at radius 1 is 1.27 bits per heavy atom. The fraction of sp³-hybridized carbons (Fsp3) is 0.556. The number of rotatable bonds is 5. The number of aromatic nitrogens is 4. The van der Waals surface area contributed by atoms with Crippen LogP contribution in [-0.4, -0.2) is 38.6 Å². The molecule has 140 valence electrons. The van der Waals surface area contributed by atoms with E-state index in [1.165, 1.54) is 0 Å². The van der Waals surface area contributed by atoms with Gasteiger partial charge in [0.2, 0.25) is 5.91 Å². The lowest BCUT2D eigenvalue weighted by molar-refractivity contribution is -0.200. The van der Waals surface area contributed by atoms with Crippen molar-refractivity contribution >= 4 is 5.91 Å². The van der Waals surface area contributed by atoms with Crippen molar-refractivity contribution in [2.24, 2.45) is 0 Å². The molecule has 2 aromatic heterocycles. The molecule has 0 aromatic carbocycles. The molecule has 1 atom stereocenters. The molecule has 1 unspecified atom stereocenters. The van der Waals surface area contributed by atoms with Crippen LogP contribution in [0.5, 0.6) is 0 Å². The molecule has 26 heavy (non-hydrogen) atoms. The molecule has 3 heterocycles. The lowest BCUT2D eigenvalue weighted by Gasteiger charge is -2.22. The van der Waals surface area contributed by atoms with Gasteiger partial charge in [0.05, 0.1) is 12.1 Å². The van der Waals surface area contributed by atoms with Gasteiger partial charge in [0.15, 0.2) is 6.29 Å². The smallest absolute Gasteiger partial charge is 0.251 e. The van der Waals surface area contributed by atoms with E-state index >= 15 is 0 Å². The molecule has 1 amide bonds. The number of nitrogens with zero attached hydrogens (tertiary/aromatic N) is 4. The van der Waals surface area contributed by atoms with E-state index in [1.807, 2.05) is 33.8 Å². The largest absolute Gasteiger partial charge is 0.350 e. The van der Waals surface area contributed by atoms with E-state index in [-0.39, 0.29) is 18.6 Å². The molecule has 1 aliphatic heterocycles. The Kier molecular flexibility index (Phi) is 5.63. The monoisotopic (exact) mass is 359 g/mol. The fourth-order valence-corrected chi connectivity index (χ4v) is 3.06. The Morgan fingerprint density at radius 2 is 2.00 bits per heavy atom. The van der Waals surface area contributed by atoms with E-state index in [2.05, 4.69) is 20.5 Å². The number of amides is 1. The van der Waals surface area contributed by atoms with Crippen LogP contribution in [0.25, 0.3) is 5.95 Å². The third kappa shape index (κ3) is 4.25. The molecule has 0 bridgehead atoms. The summed E-state index contributed by atoms with van der Waals surface area (Å²) in [5, 5.41) is 4.51. The molecule has 0 aliphatic carbocycles. The van der Waals surface area contributed by atoms with Crippen LogP contribution in [0, 0.1) is 27.7 Å². The molecular formula is C18H25N5O3. The zero-order valence-electron chi connectivity index (χ0n) is 15.7. The molecule has 1 aliphatic rings. The van der Waals surface area contributed by atoms with E-state index < -0.39 is 0 Å². The Balaban J connectivity index is 1.70. The van der Waals surface area contributed by atoms with Gasteiger partial charge in [0, 0.05) is 35.7 Å². The zero-order valence-corrected chi connectivity index (χ0v) is 15.7. The highest BCUT2D eigenvalue weighted by molar-refractivity contribution is 5.78. The van der Waals surface area contributed by atoms with Gasteiger partial charge in [-0.15, -0.1) is 0 Å². The van der Waals surface area contributed by atoms with Crippen LogP contribution in [-0.2, 0) is 20.8 Å². The summed E-state index contributed by atoms with van der Waals surface area (Å²) in [6.07, 6.45) is 2.68. The van der Waals surface area contributed by atoms with Crippen LogP contribution in [0.3, 0.4) is 0 Å². The molecule has 1 N–H and O–H groups in total. The summed E-state index contributed by atoms with van der Waals surface area (Å²) in [6, 6.07) is 1.91. The van der Waals surface area contributed by atoms with Gasteiger partial charge in [-0.05, 0) is 46.6 Å². The lowest BCUT2D eigenvalue weighted by atomic mass is 10.1. The first-order chi connectivity index (χ1) is 12.4. The lowest BCUT2D eigenvalue weighted by Crippen LogP contribution is -2.34. The second kappa shape index (κ2) is 7.92. The van der Waals surface area contributed by atoms with Crippen molar-refractivity contribution in [1.82, 2.24) is 25.2 Å². The molecule has 1 saturated heterocycles. The normalized spacial score (nSPS) is 17.3. The van der Waals surface area contributed by atoms with Crippen molar-refractivity contribution in [3.05, 3.63) is 34.4 Å². The third-order valence-electron chi connectivity index (χ3n) is 4.38. The second-order valence-electron chi connectivity index (χ2n) is 6.63. The number of nitrogens with one attached hydrogen (secondary N) is 1. The fourth-order valence-electron chi connectivity index (χ4n) is 3.06. The molecule has 0 radical (unpaired) electrons. The van der Waals surface area contributed by atoms with Crippen LogP contribution in [0.1, 0.15) is 47.6 Å². The van der Waals surface area contributed by atoms with E-state index in [0.717, 1.165) is 47.6 Å². The van der Waals surface area contributed by atoms with Gasteiger partial charge < -0.3 is 4.74 Å². The van der Waals surface area contributed by atoms with E-state index in [4.69, 9.17) is 9.57 Å². The molecule has 0 spiro atoms. The predicted octanol–water partition coefficient (Wildman–Crippen LogP) is 2.01. The Hall–Kier alpha value is -2.32. The first-order valence-corrected chi connectivity index (χ1v) is 8.88. The molecule has 8 nitrogen and oxygen atoms in total. The summed E-state index contributed by atoms with van der Waals surface area (Å²) >= 11 is 0. The quantitative estimate of drug-likeness (QED) is 0.821. The number of hydrogen-bond donors (Lipinski definition) is 1. The molecule has 0 saturated carbocycles. The highest BCUT2D eigenvalue weighted by Crippen LogP contribution is 2.17. The minimum absolute atomic E-state index is 0.176. The Bertz CT molecular complexity index is 776. The minimum Gasteiger partial charge on any atom is -0.350 e. The zero-order chi connectivity index (χ0) is 18.7. The number of carbonyl (C=O) groups is 1. The Morgan fingerprint density at radius 3 is 2.65 bits per heavy atom. The molecule has 3 rings (SSSR count). The van der Waals surface area contributed by atoms with E-state index in [1.54, 1.807) is 4.68 Å². The van der Waals surface area contributed by atoms with Crippen LogP contribution in [0.15, 0.2) is 6.07 Å². The van der Waals surface area contributed by atoms with Crippen molar-refractivity contribution in [2.75, 3.05) is 6.61 Å². The number of carbonyl (C=O) groups excluding carboxylic acids is 1. The molecule has 1 fully saturated rings. The SMILES string of the molecule is Cc1cc(C)nc(-n2nc(C)c(CC(=O)NOC3CCCCO3)c2C)n1. The topological polar surface area (TPSA) is 91.2 Å². The summed E-state index contributed by atoms with van der Waals surface area (Å²) < 4.78 is 7.12. The highest BCUT2D eigenvalue weighted by atomic mass is 16.8. The number of hydroxylamine groups is 1. The average Bonchev–Trinajstić information content (AvgIpc) is 2.88. The van der Waals surface area contributed by atoms with Crippen molar-refractivity contribution in [3.8, 4) is 5.95 Å². The summed E-state index contributed by atoms with van der Waals surface area (Å²) in [5.41, 5.74) is 6.70. The second-order valence-corrected chi connectivity index (χ2v) is 6.63. The van der Waals surface area contributed by atoms with Crippen molar-refractivity contribution in [1.29, 1.82) is 0 Å². The standard InChI is InChI=1S/C18H25N5O3/c1-11-9-12(2)20-18(19-11)23-14(4)15(13(3)21-23)10-16(24)22-26-17-7-5-6-8-25-17/h9,17H,5-8,10H2,1-4H3,(H,22,24). The molecule has 8 heteroatoms. The summed E-state index contributed by atoms with van der Waals surface area (Å²) in [6.45, 7) is 8.29. The molecular weight excluding hydrogens is 334 g/mol. The van der Waals surface area contributed by atoms with Crippen LogP contribution in [0.4, 0.5) is 0 Å². The van der Waals surface area contributed by atoms with Gasteiger partial charge in [0.25, 0.3) is 5.95 Å².